The van der Waals surface area contributed by atoms with Gasteiger partial charge in [-0.25, -0.2) is 0 Å². The van der Waals surface area contributed by atoms with Crippen molar-refractivity contribution in [2.75, 3.05) is 19.6 Å². The standard InChI is InChI=1S/C13H20N2OS/c1-2-11-5-6-12(17-11)9-14-10-13(16)15-7-3-4-8-15/h5-6,14H,2-4,7-10H2,1H3. The first-order valence-corrected chi connectivity index (χ1v) is 7.17. The highest BCUT2D eigenvalue weighted by Crippen LogP contribution is 2.16. The summed E-state index contributed by atoms with van der Waals surface area (Å²) in [5.41, 5.74) is 0. The van der Waals surface area contributed by atoms with Crippen molar-refractivity contribution in [2.45, 2.75) is 32.7 Å². The van der Waals surface area contributed by atoms with E-state index in [1.165, 1.54) is 9.75 Å². The van der Waals surface area contributed by atoms with Crippen molar-refractivity contribution in [1.29, 1.82) is 0 Å². The molecule has 0 saturated carbocycles. The summed E-state index contributed by atoms with van der Waals surface area (Å²) in [6.07, 6.45) is 3.42. The van der Waals surface area contributed by atoms with Crippen LogP contribution in [0.5, 0.6) is 0 Å². The van der Waals surface area contributed by atoms with E-state index in [1.807, 2.05) is 16.2 Å². The number of amides is 1. The zero-order valence-corrected chi connectivity index (χ0v) is 11.2. The monoisotopic (exact) mass is 252 g/mol. The van der Waals surface area contributed by atoms with Crippen molar-refractivity contribution < 1.29 is 4.79 Å². The Morgan fingerprint density at radius 3 is 2.71 bits per heavy atom. The molecule has 1 aliphatic rings. The third kappa shape index (κ3) is 3.54. The summed E-state index contributed by atoms with van der Waals surface area (Å²) in [7, 11) is 0. The van der Waals surface area contributed by atoms with Crippen LogP contribution < -0.4 is 5.32 Å². The Labute approximate surface area is 107 Å². The predicted octanol–water partition coefficient (Wildman–Crippen LogP) is 2.02. The molecule has 2 rings (SSSR count). The second-order valence-electron chi connectivity index (χ2n) is 4.41. The maximum atomic E-state index is 11.8. The summed E-state index contributed by atoms with van der Waals surface area (Å²) in [6, 6.07) is 4.32. The lowest BCUT2D eigenvalue weighted by atomic mass is 10.3. The minimum absolute atomic E-state index is 0.245. The number of nitrogens with zero attached hydrogens (tertiary/aromatic N) is 1. The van der Waals surface area contributed by atoms with Crippen LogP contribution in [-0.2, 0) is 17.8 Å². The number of nitrogens with one attached hydrogen (secondary N) is 1. The van der Waals surface area contributed by atoms with Crippen molar-refractivity contribution in [2.24, 2.45) is 0 Å². The summed E-state index contributed by atoms with van der Waals surface area (Å²) in [4.78, 5) is 16.4. The molecule has 1 fully saturated rings. The zero-order chi connectivity index (χ0) is 12.1. The van der Waals surface area contributed by atoms with Gasteiger partial charge < -0.3 is 10.2 Å². The molecule has 1 aromatic rings. The van der Waals surface area contributed by atoms with Crippen molar-refractivity contribution in [3.8, 4) is 0 Å². The molecule has 94 valence electrons. The number of likely N-dealkylation sites (tertiary alicyclic amines) is 1. The van der Waals surface area contributed by atoms with Gasteiger partial charge in [-0.2, -0.15) is 0 Å². The Bertz CT molecular complexity index is 369. The van der Waals surface area contributed by atoms with Crippen LogP contribution >= 0.6 is 11.3 Å². The highest BCUT2D eigenvalue weighted by Gasteiger charge is 2.16. The third-order valence-corrected chi connectivity index (χ3v) is 4.33. The first-order valence-electron chi connectivity index (χ1n) is 6.35. The summed E-state index contributed by atoms with van der Waals surface area (Å²) in [6.45, 7) is 5.34. The Balaban J connectivity index is 1.69. The van der Waals surface area contributed by atoms with Gasteiger partial charge in [0.15, 0.2) is 0 Å². The van der Waals surface area contributed by atoms with Crippen LogP contribution in [0.2, 0.25) is 0 Å². The van der Waals surface area contributed by atoms with Crippen molar-refractivity contribution in [3.63, 3.8) is 0 Å². The number of carbonyl (C=O) groups is 1. The molecule has 0 radical (unpaired) electrons. The van der Waals surface area contributed by atoms with Gasteiger partial charge in [-0.15, -0.1) is 11.3 Å². The fraction of sp³-hybridized carbons (Fsp3) is 0.615. The number of carbonyl (C=O) groups excluding carboxylic acids is 1. The van der Waals surface area contributed by atoms with Crippen LogP contribution in [0.1, 0.15) is 29.5 Å². The van der Waals surface area contributed by atoms with Gasteiger partial charge in [0.25, 0.3) is 0 Å². The Morgan fingerprint density at radius 2 is 2.06 bits per heavy atom. The highest BCUT2D eigenvalue weighted by atomic mass is 32.1. The average molecular weight is 252 g/mol. The first kappa shape index (κ1) is 12.6. The van der Waals surface area contributed by atoms with Crippen LogP contribution in [0.4, 0.5) is 0 Å². The molecule has 1 aromatic heterocycles. The number of hydrogen-bond donors (Lipinski definition) is 1. The molecule has 2 heterocycles. The predicted molar refractivity (Wildman–Crippen MR) is 71.2 cm³/mol. The molecule has 3 nitrogen and oxygen atoms in total. The second-order valence-corrected chi connectivity index (χ2v) is 5.67. The zero-order valence-electron chi connectivity index (χ0n) is 10.4. The fourth-order valence-corrected chi connectivity index (χ4v) is 3.01. The van der Waals surface area contributed by atoms with Gasteiger partial charge in [-0.05, 0) is 31.4 Å². The van der Waals surface area contributed by atoms with Gasteiger partial charge in [0.1, 0.15) is 0 Å². The van der Waals surface area contributed by atoms with E-state index in [0.29, 0.717) is 6.54 Å². The van der Waals surface area contributed by atoms with Crippen molar-refractivity contribution >= 4 is 17.2 Å². The highest BCUT2D eigenvalue weighted by molar-refractivity contribution is 7.11. The average Bonchev–Trinajstić information content (AvgIpc) is 3.00. The molecular weight excluding hydrogens is 232 g/mol. The molecule has 0 aromatic carbocycles. The lowest BCUT2D eigenvalue weighted by molar-refractivity contribution is -0.129. The van der Waals surface area contributed by atoms with E-state index in [2.05, 4.69) is 24.4 Å². The first-order chi connectivity index (χ1) is 8.29. The fourth-order valence-electron chi connectivity index (χ4n) is 2.08. The van der Waals surface area contributed by atoms with E-state index < -0.39 is 0 Å². The number of aryl methyl sites for hydroxylation is 1. The summed E-state index contributed by atoms with van der Waals surface area (Å²) in [5.74, 6) is 0.245. The molecule has 0 unspecified atom stereocenters. The molecule has 1 aliphatic heterocycles. The Kier molecular flexibility index (Phi) is 4.57. The minimum Gasteiger partial charge on any atom is -0.342 e. The van der Waals surface area contributed by atoms with Crippen molar-refractivity contribution in [1.82, 2.24) is 10.2 Å². The Hall–Kier alpha value is -0.870. The number of hydrogen-bond acceptors (Lipinski definition) is 3. The van der Waals surface area contributed by atoms with Crippen LogP contribution in [0.15, 0.2) is 12.1 Å². The molecule has 1 N–H and O–H groups in total. The minimum atomic E-state index is 0.245. The quantitative estimate of drug-likeness (QED) is 0.869. The summed E-state index contributed by atoms with van der Waals surface area (Å²) >= 11 is 1.83. The second kappa shape index (κ2) is 6.17. The van der Waals surface area contributed by atoms with E-state index in [0.717, 1.165) is 38.9 Å². The topological polar surface area (TPSA) is 32.3 Å². The molecule has 0 bridgehead atoms. The van der Waals surface area contributed by atoms with E-state index in [1.54, 1.807) is 0 Å². The molecule has 0 spiro atoms. The van der Waals surface area contributed by atoms with Crippen LogP contribution in [-0.4, -0.2) is 30.4 Å². The van der Waals surface area contributed by atoms with Gasteiger partial charge in [0, 0.05) is 29.4 Å². The maximum absolute atomic E-state index is 11.8. The van der Waals surface area contributed by atoms with Crippen LogP contribution in [0, 0.1) is 0 Å². The SMILES string of the molecule is CCc1ccc(CNCC(=O)N2CCCC2)s1. The maximum Gasteiger partial charge on any atom is 0.236 e. The number of rotatable bonds is 5. The summed E-state index contributed by atoms with van der Waals surface area (Å²) < 4.78 is 0. The molecule has 1 amide bonds. The van der Waals surface area contributed by atoms with Gasteiger partial charge in [-0.3, -0.25) is 4.79 Å². The van der Waals surface area contributed by atoms with Crippen molar-refractivity contribution in [3.05, 3.63) is 21.9 Å². The normalized spacial score (nSPS) is 15.5. The smallest absolute Gasteiger partial charge is 0.236 e. The lowest BCUT2D eigenvalue weighted by Gasteiger charge is -2.15. The van der Waals surface area contributed by atoms with Gasteiger partial charge in [-0.1, -0.05) is 6.92 Å². The molecule has 1 saturated heterocycles. The Morgan fingerprint density at radius 1 is 1.35 bits per heavy atom. The van der Waals surface area contributed by atoms with E-state index in [9.17, 15) is 4.79 Å². The molecule has 0 aliphatic carbocycles. The molecule has 0 atom stereocenters. The largest absolute Gasteiger partial charge is 0.342 e. The van der Waals surface area contributed by atoms with Crippen LogP contribution in [0.25, 0.3) is 0 Å². The molecule has 17 heavy (non-hydrogen) atoms. The van der Waals surface area contributed by atoms with Gasteiger partial charge >= 0.3 is 0 Å². The number of thiophene rings is 1. The molecule has 4 heteroatoms. The third-order valence-electron chi connectivity index (χ3n) is 3.10. The van der Waals surface area contributed by atoms with E-state index >= 15 is 0 Å². The van der Waals surface area contributed by atoms with Crippen LogP contribution in [0.3, 0.4) is 0 Å². The van der Waals surface area contributed by atoms with E-state index in [4.69, 9.17) is 0 Å². The summed E-state index contributed by atoms with van der Waals surface area (Å²) in [5, 5.41) is 3.23. The van der Waals surface area contributed by atoms with E-state index in [-0.39, 0.29) is 5.91 Å². The molecular formula is C13H20N2OS. The van der Waals surface area contributed by atoms with Gasteiger partial charge in [0.05, 0.1) is 6.54 Å². The lowest BCUT2D eigenvalue weighted by Crippen LogP contribution is -2.35. The van der Waals surface area contributed by atoms with Gasteiger partial charge in [0.2, 0.25) is 5.91 Å².